The van der Waals surface area contributed by atoms with Gasteiger partial charge in [-0.3, -0.25) is 4.68 Å². The molecule has 1 aliphatic rings. The molecule has 2 atom stereocenters. The van der Waals surface area contributed by atoms with Gasteiger partial charge in [0.1, 0.15) is 29.4 Å². The summed E-state index contributed by atoms with van der Waals surface area (Å²) >= 11 is 0. The number of aromatic hydroxyl groups is 1. The van der Waals surface area contributed by atoms with Crippen LogP contribution in [0.25, 0.3) is 10.9 Å². The van der Waals surface area contributed by atoms with Crippen LogP contribution < -0.4 is 14.8 Å². The monoisotopic (exact) mass is 651 g/mol. The number of phenols is 1. The quantitative estimate of drug-likeness (QED) is 0.122. The number of unbranched alkanes of at least 4 members (excludes halogenated alkanes) is 1. The number of hydrogen-bond donors (Lipinski definition) is 2. The molecule has 7 rings (SSSR count). The molecule has 0 radical (unpaired) electrons. The zero-order chi connectivity index (χ0) is 33.6. The highest BCUT2D eigenvalue weighted by atomic mass is 16.5. The number of phenolic OH excluding ortho intramolecular Hbond substituents is 1. The second-order valence-corrected chi connectivity index (χ2v) is 13.2. The number of aromatic nitrogens is 2. The minimum atomic E-state index is 0.244. The molecule has 6 aromatic rings. The van der Waals surface area contributed by atoms with E-state index in [9.17, 15) is 5.11 Å². The van der Waals surface area contributed by atoms with E-state index in [1.165, 1.54) is 27.8 Å². The molecule has 49 heavy (non-hydrogen) atoms. The fourth-order valence-electron chi connectivity index (χ4n) is 7.33. The number of hydrogen-bond acceptors (Lipinski definition) is 5. The van der Waals surface area contributed by atoms with Crippen molar-refractivity contribution in [3.8, 4) is 17.2 Å². The fourth-order valence-corrected chi connectivity index (χ4v) is 7.33. The zero-order valence-corrected chi connectivity index (χ0v) is 28.4. The van der Waals surface area contributed by atoms with E-state index in [1.807, 2.05) is 42.9 Å². The number of fused-ring (bicyclic) bond motifs is 2. The lowest BCUT2D eigenvalue weighted by molar-refractivity contribution is 0.305. The van der Waals surface area contributed by atoms with Gasteiger partial charge in [0.05, 0.1) is 12.3 Å². The number of ether oxygens (including phenoxy) is 2. The van der Waals surface area contributed by atoms with Crippen molar-refractivity contribution in [3.63, 3.8) is 0 Å². The average Bonchev–Trinajstić information content (AvgIpc) is 3.44. The second kappa shape index (κ2) is 15.0. The standard InChI is InChI=1S/C43H45N3O3/c1-30-38-11-8-12-41(43(38)46(2)45-30)49-29-32-15-13-31(14-16-32)28-44-25-6-7-26-48-37-21-17-34(18-22-37)42-39(33-9-4-3-5-10-33)23-19-35-27-36(47)20-24-40(35)42/h3-5,8-18,20-22,24,27,39,42,44,47H,6-7,19,23,25-26,28-29H2,1-2H3/t39-,42+/m1/s1. The van der Waals surface area contributed by atoms with Gasteiger partial charge >= 0.3 is 0 Å². The molecule has 1 aliphatic carbocycles. The lowest BCUT2D eigenvalue weighted by atomic mass is 9.69. The Labute approximate surface area is 289 Å². The van der Waals surface area contributed by atoms with E-state index in [-0.39, 0.29) is 5.92 Å². The molecule has 0 saturated heterocycles. The summed E-state index contributed by atoms with van der Waals surface area (Å²) in [7, 11) is 1.96. The van der Waals surface area contributed by atoms with Crippen molar-refractivity contribution in [3.05, 3.63) is 154 Å². The smallest absolute Gasteiger partial charge is 0.145 e. The molecule has 0 amide bonds. The maximum Gasteiger partial charge on any atom is 0.145 e. The fraction of sp³-hybridized carbons (Fsp3) is 0.279. The number of para-hydroxylation sites is 1. The summed E-state index contributed by atoms with van der Waals surface area (Å²) in [5.41, 5.74) is 9.67. The molecule has 0 spiro atoms. The Morgan fingerprint density at radius 3 is 2.43 bits per heavy atom. The first-order chi connectivity index (χ1) is 24.0. The molecule has 2 N–H and O–H groups in total. The third kappa shape index (κ3) is 7.50. The van der Waals surface area contributed by atoms with Crippen LogP contribution in [0.15, 0.2) is 115 Å². The maximum atomic E-state index is 10.1. The Bertz CT molecular complexity index is 1980. The van der Waals surface area contributed by atoms with Gasteiger partial charge in [0, 0.05) is 24.9 Å². The van der Waals surface area contributed by atoms with Crippen LogP contribution in [-0.2, 0) is 26.6 Å². The molecule has 6 heteroatoms. The molecule has 0 fully saturated rings. The van der Waals surface area contributed by atoms with Crippen LogP contribution in [-0.4, -0.2) is 28.0 Å². The number of nitrogens with one attached hydrogen (secondary N) is 1. The van der Waals surface area contributed by atoms with Gasteiger partial charge in [-0.25, -0.2) is 0 Å². The zero-order valence-electron chi connectivity index (χ0n) is 28.4. The lowest BCUT2D eigenvalue weighted by Gasteiger charge is -2.34. The normalized spacial score (nSPS) is 15.6. The van der Waals surface area contributed by atoms with Crippen molar-refractivity contribution in [2.75, 3.05) is 13.2 Å². The van der Waals surface area contributed by atoms with Gasteiger partial charge in [-0.05, 0) is 109 Å². The molecule has 0 saturated carbocycles. The summed E-state index contributed by atoms with van der Waals surface area (Å²) in [5, 5.41) is 19.4. The molecule has 250 valence electrons. The van der Waals surface area contributed by atoms with Gasteiger partial charge in [0.15, 0.2) is 0 Å². The molecule has 1 aromatic heterocycles. The number of nitrogens with zero attached hydrogens (tertiary/aromatic N) is 2. The van der Waals surface area contributed by atoms with Crippen LogP contribution in [0.4, 0.5) is 0 Å². The van der Waals surface area contributed by atoms with Gasteiger partial charge in [0.2, 0.25) is 0 Å². The predicted octanol–water partition coefficient (Wildman–Crippen LogP) is 8.98. The third-order valence-corrected chi connectivity index (χ3v) is 9.83. The van der Waals surface area contributed by atoms with E-state index < -0.39 is 0 Å². The van der Waals surface area contributed by atoms with E-state index >= 15 is 0 Å². The van der Waals surface area contributed by atoms with Crippen LogP contribution in [0.5, 0.6) is 17.2 Å². The predicted molar refractivity (Wildman–Crippen MR) is 197 cm³/mol. The van der Waals surface area contributed by atoms with Crippen molar-refractivity contribution in [2.45, 2.75) is 57.6 Å². The first-order valence-electron chi connectivity index (χ1n) is 17.5. The van der Waals surface area contributed by atoms with E-state index in [4.69, 9.17) is 9.47 Å². The molecule has 6 nitrogen and oxygen atoms in total. The first-order valence-corrected chi connectivity index (χ1v) is 17.5. The Balaban J connectivity index is 0.850. The second-order valence-electron chi connectivity index (χ2n) is 13.2. The van der Waals surface area contributed by atoms with Gasteiger partial charge in [-0.2, -0.15) is 5.10 Å². The number of benzene rings is 5. The molecule has 0 aliphatic heterocycles. The van der Waals surface area contributed by atoms with Crippen LogP contribution in [0.1, 0.15) is 70.2 Å². The van der Waals surface area contributed by atoms with E-state index in [1.54, 1.807) is 0 Å². The van der Waals surface area contributed by atoms with Crippen LogP contribution in [0.2, 0.25) is 0 Å². The van der Waals surface area contributed by atoms with Crippen LogP contribution in [0, 0.1) is 6.92 Å². The summed E-state index contributed by atoms with van der Waals surface area (Å²) in [6.45, 7) is 5.02. The highest BCUT2D eigenvalue weighted by molar-refractivity contribution is 5.87. The Kier molecular flexibility index (Phi) is 9.94. The minimum absolute atomic E-state index is 0.244. The largest absolute Gasteiger partial charge is 0.508 e. The highest BCUT2D eigenvalue weighted by Gasteiger charge is 2.32. The summed E-state index contributed by atoms with van der Waals surface area (Å²) in [4.78, 5) is 0. The summed E-state index contributed by atoms with van der Waals surface area (Å²) in [6, 6.07) is 40.1. The molecule has 1 heterocycles. The molecule has 0 unspecified atom stereocenters. The van der Waals surface area contributed by atoms with Crippen molar-refractivity contribution in [1.82, 2.24) is 15.1 Å². The van der Waals surface area contributed by atoms with Crippen molar-refractivity contribution >= 4 is 10.9 Å². The maximum absolute atomic E-state index is 10.1. The van der Waals surface area contributed by atoms with Gasteiger partial charge in [-0.1, -0.05) is 84.9 Å². The van der Waals surface area contributed by atoms with Gasteiger partial charge in [0.25, 0.3) is 0 Å². The summed E-state index contributed by atoms with van der Waals surface area (Å²) < 4.78 is 14.2. The van der Waals surface area contributed by atoms with Crippen LogP contribution in [0.3, 0.4) is 0 Å². The molecular formula is C43H45N3O3. The summed E-state index contributed by atoms with van der Waals surface area (Å²) in [6.07, 6.45) is 4.07. The molecular weight excluding hydrogens is 606 g/mol. The Morgan fingerprint density at radius 2 is 1.61 bits per heavy atom. The molecule has 0 bridgehead atoms. The van der Waals surface area contributed by atoms with Gasteiger partial charge < -0.3 is 19.9 Å². The Hall–Kier alpha value is -5.07. The topological polar surface area (TPSA) is 68.5 Å². The average molecular weight is 652 g/mol. The van der Waals surface area contributed by atoms with E-state index in [0.29, 0.717) is 24.9 Å². The Morgan fingerprint density at radius 1 is 0.816 bits per heavy atom. The minimum Gasteiger partial charge on any atom is -0.508 e. The van der Waals surface area contributed by atoms with Gasteiger partial charge in [-0.15, -0.1) is 0 Å². The first kappa shape index (κ1) is 32.5. The number of rotatable bonds is 13. The lowest BCUT2D eigenvalue weighted by Crippen LogP contribution is -2.20. The van der Waals surface area contributed by atoms with Crippen LogP contribution >= 0.6 is 0 Å². The summed E-state index contributed by atoms with van der Waals surface area (Å²) in [5.74, 6) is 2.75. The molecule has 5 aromatic carbocycles. The van der Waals surface area contributed by atoms with Crippen molar-refractivity contribution in [1.29, 1.82) is 0 Å². The van der Waals surface area contributed by atoms with E-state index in [2.05, 4.69) is 101 Å². The third-order valence-electron chi connectivity index (χ3n) is 9.83. The SMILES string of the molecule is Cc1nn(C)c2c(OCc3ccc(CNCCCCOc4ccc([C@@H]5c6ccc(O)cc6CC[C@@H]5c5ccccc5)cc4)cc3)cccc12. The highest BCUT2D eigenvalue weighted by Crippen LogP contribution is 2.47. The van der Waals surface area contributed by atoms with Crippen molar-refractivity contribution in [2.24, 2.45) is 7.05 Å². The van der Waals surface area contributed by atoms with E-state index in [0.717, 1.165) is 72.4 Å². The number of aryl methyl sites for hydroxylation is 3. The van der Waals surface area contributed by atoms with Crippen molar-refractivity contribution < 1.29 is 14.6 Å².